The van der Waals surface area contributed by atoms with Gasteiger partial charge in [-0.3, -0.25) is 4.79 Å². The highest BCUT2D eigenvalue weighted by Gasteiger charge is 2.07. The maximum Gasteiger partial charge on any atom is 0.325 e. The lowest BCUT2D eigenvalue weighted by Gasteiger charge is -1.97. The van der Waals surface area contributed by atoms with Gasteiger partial charge in [-0.1, -0.05) is 0 Å². The summed E-state index contributed by atoms with van der Waals surface area (Å²) in [6.07, 6.45) is 3.12. The van der Waals surface area contributed by atoms with E-state index >= 15 is 0 Å². The molecule has 0 aliphatic rings. The molecule has 2 heterocycles. The molecule has 6 heteroatoms. The van der Waals surface area contributed by atoms with Gasteiger partial charge >= 0.3 is 5.97 Å². The Bertz CT molecular complexity index is 491. The molecule has 0 spiro atoms. The van der Waals surface area contributed by atoms with Crippen LogP contribution in [0.4, 0.5) is 0 Å². The van der Waals surface area contributed by atoms with Crippen LogP contribution in [-0.2, 0) is 11.3 Å². The fourth-order valence-electron chi connectivity index (χ4n) is 1.18. The van der Waals surface area contributed by atoms with Gasteiger partial charge in [-0.25, -0.2) is 14.6 Å². The van der Waals surface area contributed by atoms with Crippen LogP contribution in [0.5, 0.6) is 0 Å². The summed E-state index contributed by atoms with van der Waals surface area (Å²) in [5.41, 5.74) is 1.86. The molecule has 2 rings (SSSR count). The SMILES string of the molecule is Cc1cnc2cnn(CC(=O)O)c2n1. The van der Waals surface area contributed by atoms with Crippen molar-refractivity contribution in [2.24, 2.45) is 0 Å². The summed E-state index contributed by atoms with van der Waals surface area (Å²) >= 11 is 0. The van der Waals surface area contributed by atoms with Crippen molar-refractivity contribution < 1.29 is 9.90 Å². The molecule has 72 valence electrons. The normalized spacial score (nSPS) is 10.6. The second-order valence-electron chi connectivity index (χ2n) is 2.92. The van der Waals surface area contributed by atoms with E-state index in [0.29, 0.717) is 11.2 Å². The van der Waals surface area contributed by atoms with E-state index in [2.05, 4.69) is 15.1 Å². The van der Waals surface area contributed by atoms with E-state index < -0.39 is 5.97 Å². The summed E-state index contributed by atoms with van der Waals surface area (Å²) in [4.78, 5) is 18.7. The largest absolute Gasteiger partial charge is 0.480 e. The number of carbonyl (C=O) groups is 1. The summed E-state index contributed by atoms with van der Waals surface area (Å²) in [7, 11) is 0. The molecule has 0 fully saturated rings. The summed E-state index contributed by atoms with van der Waals surface area (Å²) < 4.78 is 1.32. The Kier molecular flexibility index (Phi) is 1.88. The van der Waals surface area contributed by atoms with E-state index in [9.17, 15) is 4.79 Å². The predicted molar refractivity (Wildman–Crippen MR) is 47.7 cm³/mol. The van der Waals surface area contributed by atoms with Gasteiger partial charge < -0.3 is 5.11 Å². The minimum Gasteiger partial charge on any atom is -0.480 e. The number of hydrogen-bond acceptors (Lipinski definition) is 4. The molecule has 1 N–H and O–H groups in total. The monoisotopic (exact) mass is 192 g/mol. The number of nitrogens with zero attached hydrogens (tertiary/aromatic N) is 4. The molecule has 0 amide bonds. The average Bonchev–Trinajstić information content (AvgIpc) is 2.47. The van der Waals surface area contributed by atoms with E-state index in [4.69, 9.17) is 5.11 Å². The summed E-state index contributed by atoms with van der Waals surface area (Å²) in [5.74, 6) is -0.946. The van der Waals surface area contributed by atoms with Gasteiger partial charge in [0.2, 0.25) is 0 Å². The van der Waals surface area contributed by atoms with Crippen LogP contribution < -0.4 is 0 Å². The molecule has 0 aromatic carbocycles. The highest BCUT2D eigenvalue weighted by Crippen LogP contribution is 2.07. The third kappa shape index (κ3) is 1.41. The number of aliphatic carboxylic acids is 1. The van der Waals surface area contributed by atoms with Crippen molar-refractivity contribution in [3.63, 3.8) is 0 Å². The second kappa shape index (κ2) is 3.06. The number of hydrogen-bond donors (Lipinski definition) is 1. The van der Waals surface area contributed by atoms with Gasteiger partial charge in [0.1, 0.15) is 12.1 Å². The van der Waals surface area contributed by atoms with Gasteiger partial charge in [0.05, 0.1) is 11.9 Å². The first kappa shape index (κ1) is 8.61. The van der Waals surface area contributed by atoms with Gasteiger partial charge in [0, 0.05) is 6.20 Å². The molecule has 2 aromatic heterocycles. The number of aryl methyl sites for hydroxylation is 1. The average molecular weight is 192 g/mol. The van der Waals surface area contributed by atoms with Crippen molar-refractivity contribution >= 4 is 17.1 Å². The molecule has 6 nitrogen and oxygen atoms in total. The second-order valence-corrected chi connectivity index (χ2v) is 2.92. The third-order valence-electron chi connectivity index (χ3n) is 1.75. The number of aromatic nitrogens is 4. The van der Waals surface area contributed by atoms with Gasteiger partial charge in [-0.2, -0.15) is 5.10 Å². The fraction of sp³-hybridized carbons (Fsp3) is 0.250. The highest BCUT2D eigenvalue weighted by molar-refractivity contribution is 5.73. The fourth-order valence-corrected chi connectivity index (χ4v) is 1.18. The zero-order chi connectivity index (χ0) is 10.1. The Morgan fingerprint density at radius 2 is 2.36 bits per heavy atom. The lowest BCUT2D eigenvalue weighted by atomic mass is 10.5. The number of carboxylic acid groups (broad SMARTS) is 1. The molecule has 0 saturated heterocycles. The molecule has 0 radical (unpaired) electrons. The van der Waals surface area contributed by atoms with Crippen LogP contribution in [0.1, 0.15) is 5.69 Å². The predicted octanol–water partition coefficient (Wildman–Crippen LogP) is 0.219. The van der Waals surface area contributed by atoms with Crippen LogP contribution in [0, 0.1) is 6.92 Å². The number of carboxylic acids is 1. The Labute approximate surface area is 79.2 Å². The van der Waals surface area contributed by atoms with Crippen molar-refractivity contribution in [1.82, 2.24) is 19.7 Å². The Balaban J connectivity index is 2.55. The van der Waals surface area contributed by atoms with E-state index in [0.717, 1.165) is 5.69 Å². The molecule has 14 heavy (non-hydrogen) atoms. The summed E-state index contributed by atoms with van der Waals surface area (Å²) in [5, 5.41) is 12.5. The molecule has 2 aromatic rings. The maximum absolute atomic E-state index is 10.5. The van der Waals surface area contributed by atoms with Crippen molar-refractivity contribution in [3.05, 3.63) is 18.1 Å². The first-order valence-electron chi connectivity index (χ1n) is 4.04. The smallest absolute Gasteiger partial charge is 0.325 e. The standard InChI is InChI=1S/C8H8N4O2/c1-5-2-9-6-3-10-12(4-7(13)14)8(6)11-5/h2-3H,4H2,1H3,(H,13,14). The van der Waals surface area contributed by atoms with Crippen LogP contribution in [0.2, 0.25) is 0 Å². The highest BCUT2D eigenvalue weighted by atomic mass is 16.4. The first-order chi connectivity index (χ1) is 6.66. The zero-order valence-corrected chi connectivity index (χ0v) is 7.51. The Hall–Kier alpha value is -1.98. The molecule has 0 bridgehead atoms. The lowest BCUT2D eigenvalue weighted by Crippen LogP contribution is -2.10. The molecular formula is C8H8N4O2. The van der Waals surface area contributed by atoms with Gasteiger partial charge in [0.15, 0.2) is 5.65 Å². The number of fused-ring (bicyclic) bond motifs is 1. The minimum absolute atomic E-state index is 0.193. The van der Waals surface area contributed by atoms with Crippen LogP contribution >= 0.6 is 0 Å². The van der Waals surface area contributed by atoms with E-state index in [1.165, 1.54) is 10.9 Å². The quantitative estimate of drug-likeness (QED) is 0.736. The molecule has 0 aliphatic carbocycles. The van der Waals surface area contributed by atoms with Crippen LogP contribution in [0.25, 0.3) is 11.2 Å². The zero-order valence-electron chi connectivity index (χ0n) is 7.51. The molecular weight excluding hydrogens is 184 g/mol. The van der Waals surface area contributed by atoms with Gasteiger partial charge in [0.25, 0.3) is 0 Å². The first-order valence-corrected chi connectivity index (χ1v) is 4.04. The summed E-state index contributed by atoms with van der Waals surface area (Å²) in [6, 6.07) is 0. The van der Waals surface area contributed by atoms with E-state index in [1.54, 1.807) is 13.1 Å². The lowest BCUT2D eigenvalue weighted by molar-refractivity contribution is -0.137. The van der Waals surface area contributed by atoms with Crippen molar-refractivity contribution in [2.75, 3.05) is 0 Å². The van der Waals surface area contributed by atoms with Crippen molar-refractivity contribution in [2.45, 2.75) is 13.5 Å². The molecule has 0 unspecified atom stereocenters. The Morgan fingerprint density at radius 1 is 1.57 bits per heavy atom. The van der Waals surface area contributed by atoms with Crippen molar-refractivity contribution in [1.29, 1.82) is 0 Å². The third-order valence-corrected chi connectivity index (χ3v) is 1.75. The van der Waals surface area contributed by atoms with Crippen LogP contribution in [0.15, 0.2) is 12.4 Å². The molecule has 0 atom stereocenters. The topological polar surface area (TPSA) is 80.9 Å². The summed E-state index contributed by atoms with van der Waals surface area (Å²) in [6.45, 7) is 1.60. The molecule has 0 aliphatic heterocycles. The Morgan fingerprint density at radius 3 is 3.07 bits per heavy atom. The minimum atomic E-state index is -0.946. The van der Waals surface area contributed by atoms with Crippen LogP contribution in [-0.4, -0.2) is 30.8 Å². The van der Waals surface area contributed by atoms with E-state index in [1.807, 2.05) is 0 Å². The van der Waals surface area contributed by atoms with Gasteiger partial charge in [-0.05, 0) is 6.92 Å². The molecule has 0 saturated carbocycles. The van der Waals surface area contributed by atoms with Crippen molar-refractivity contribution in [3.8, 4) is 0 Å². The number of rotatable bonds is 2. The van der Waals surface area contributed by atoms with E-state index in [-0.39, 0.29) is 6.54 Å². The van der Waals surface area contributed by atoms with Gasteiger partial charge in [-0.15, -0.1) is 0 Å². The maximum atomic E-state index is 10.5. The van der Waals surface area contributed by atoms with Crippen LogP contribution in [0.3, 0.4) is 0 Å².